The van der Waals surface area contributed by atoms with Crippen LogP contribution in [-0.4, -0.2) is 75.2 Å². The number of hydrogen-bond acceptors (Lipinski definition) is 5. The molecule has 0 unspecified atom stereocenters. The number of likely N-dealkylation sites (tertiary alicyclic amines) is 1. The van der Waals surface area contributed by atoms with Crippen LogP contribution in [0.5, 0.6) is 0 Å². The summed E-state index contributed by atoms with van der Waals surface area (Å²) in [5, 5.41) is 4.20. The fourth-order valence-corrected chi connectivity index (χ4v) is 6.52. The number of carbonyl (C=O) groups excluding carboxylic acids is 2. The van der Waals surface area contributed by atoms with E-state index in [2.05, 4.69) is 28.3 Å². The summed E-state index contributed by atoms with van der Waals surface area (Å²) in [6.45, 7) is 13.7. The molecular weight excluding hydrogens is 545 g/mol. The highest BCUT2D eigenvalue weighted by atomic mass is 19.1. The number of hydrogen-bond donors (Lipinski definition) is 1. The molecule has 5 rings (SSSR count). The summed E-state index contributed by atoms with van der Waals surface area (Å²) >= 11 is 0. The van der Waals surface area contributed by atoms with Crippen LogP contribution in [-0.2, 0) is 11.2 Å². The molecule has 2 amide bonds. The number of pyridine rings is 1. The molecule has 232 valence electrons. The zero-order chi connectivity index (χ0) is 31.1. The van der Waals surface area contributed by atoms with Crippen LogP contribution in [0.4, 0.5) is 9.18 Å². The molecular formula is C34H46FN5O3. The Labute approximate surface area is 254 Å². The van der Waals surface area contributed by atoms with Crippen molar-refractivity contribution >= 4 is 22.9 Å². The van der Waals surface area contributed by atoms with Crippen molar-refractivity contribution in [2.45, 2.75) is 97.4 Å². The lowest BCUT2D eigenvalue weighted by atomic mass is 9.84. The molecule has 0 atom stereocenters. The van der Waals surface area contributed by atoms with Gasteiger partial charge in [-0.2, -0.15) is 0 Å². The van der Waals surface area contributed by atoms with Crippen molar-refractivity contribution in [3.8, 4) is 5.69 Å². The second-order valence-corrected chi connectivity index (χ2v) is 13.7. The van der Waals surface area contributed by atoms with Crippen molar-refractivity contribution in [1.29, 1.82) is 0 Å². The van der Waals surface area contributed by atoms with Crippen LogP contribution in [0.1, 0.15) is 81.8 Å². The Morgan fingerprint density at radius 1 is 1.14 bits per heavy atom. The van der Waals surface area contributed by atoms with Crippen molar-refractivity contribution in [3.05, 3.63) is 59.3 Å². The van der Waals surface area contributed by atoms with Gasteiger partial charge in [0.2, 0.25) is 0 Å². The third-order valence-corrected chi connectivity index (χ3v) is 8.95. The van der Waals surface area contributed by atoms with Gasteiger partial charge in [-0.1, -0.05) is 0 Å². The lowest BCUT2D eigenvalue weighted by Crippen LogP contribution is -2.54. The Morgan fingerprint density at radius 3 is 2.49 bits per heavy atom. The van der Waals surface area contributed by atoms with Crippen molar-refractivity contribution in [3.63, 3.8) is 0 Å². The number of halogens is 1. The highest BCUT2D eigenvalue weighted by Gasteiger charge is 2.35. The van der Waals surface area contributed by atoms with Crippen LogP contribution in [0.15, 0.2) is 36.8 Å². The zero-order valence-electron chi connectivity index (χ0n) is 26.6. The molecule has 8 nitrogen and oxygen atoms in total. The lowest BCUT2D eigenvalue weighted by molar-refractivity contribution is 0.0267. The highest BCUT2D eigenvalue weighted by Crippen LogP contribution is 2.35. The quantitative estimate of drug-likeness (QED) is 0.351. The molecule has 0 spiro atoms. The molecule has 2 aliphatic rings. The maximum absolute atomic E-state index is 14.4. The van der Waals surface area contributed by atoms with Gasteiger partial charge in [-0.3, -0.25) is 14.7 Å². The predicted molar refractivity (Wildman–Crippen MR) is 167 cm³/mol. The van der Waals surface area contributed by atoms with Crippen LogP contribution in [0, 0.1) is 18.7 Å². The number of aryl methyl sites for hydroxylation is 1. The van der Waals surface area contributed by atoms with Gasteiger partial charge in [0.15, 0.2) is 0 Å². The average Bonchev–Trinajstić information content (AvgIpc) is 3.28. The molecule has 9 heteroatoms. The molecule has 1 saturated carbocycles. The van der Waals surface area contributed by atoms with Crippen LogP contribution in [0.25, 0.3) is 16.6 Å². The van der Waals surface area contributed by atoms with Crippen LogP contribution in [0.2, 0.25) is 0 Å². The van der Waals surface area contributed by atoms with Gasteiger partial charge in [0.25, 0.3) is 5.91 Å². The zero-order valence-corrected chi connectivity index (χ0v) is 26.6. The number of nitrogens with one attached hydrogen (secondary N) is 1. The topological polar surface area (TPSA) is 79.7 Å². The maximum Gasteiger partial charge on any atom is 0.407 e. The van der Waals surface area contributed by atoms with E-state index < -0.39 is 11.4 Å². The fraction of sp³-hybridized carbons (Fsp3) is 0.559. The minimum atomic E-state index is -0.488. The predicted octanol–water partition coefficient (Wildman–Crippen LogP) is 6.26. The molecule has 1 saturated heterocycles. The number of alkyl carbamates (subject to hydrolysis) is 1. The molecule has 2 fully saturated rings. The summed E-state index contributed by atoms with van der Waals surface area (Å²) in [6.07, 6.45) is 10.5. The van der Waals surface area contributed by atoms with Gasteiger partial charge in [-0.05, 0) is 109 Å². The van der Waals surface area contributed by atoms with Gasteiger partial charge in [0, 0.05) is 56.0 Å². The highest BCUT2D eigenvalue weighted by molar-refractivity contribution is 5.99. The first kappa shape index (κ1) is 31.0. The van der Waals surface area contributed by atoms with E-state index in [1.165, 1.54) is 17.7 Å². The molecule has 1 N–H and O–H groups in total. The van der Waals surface area contributed by atoms with Gasteiger partial charge in [0.1, 0.15) is 11.4 Å². The normalized spacial score (nSPS) is 19.8. The van der Waals surface area contributed by atoms with E-state index in [-0.39, 0.29) is 24.1 Å². The van der Waals surface area contributed by atoms with E-state index in [0.717, 1.165) is 61.7 Å². The number of ether oxygens (including phenoxy) is 1. The first-order chi connectivity index (χ1) is 20.3. The molecule has 3 aromatic rings. The van der Waals surface area contributed by atoms with E-state index in [0.29, 0.717) is 23.2 Å². The molecule has 1 aliphatic carbocycles. The van der Waals surface area contributed by atoms with E-state index in [1.807, 2.05) is 51.6 Å². The first-order valence-corrected chi connectivity index (χ1v) is 15.6. The summed E-state index contributed by atoms with van der Waals surface area (Å²) in [6, 6.07) is 5.16. The van der Waals surface area contributed by atoms with Gasteiger partial charge < -0.3 is 19.5 Å². The Balaban J connectivity index is 1.28. The third kappa shape index (κ3) is 6.87. The second kappa shape index (κ2) is 12.3. The number of rotatable bonds is 7. The van der Waals surface area contributed by atoms with Gasteiger partial charge in [0.05, 0.1) is 23.0 Å². The summed E-state index contributed by atoms with van der Waals surface area (Å²) < 4.78 is 21.8. The summed E-state index contributed by atoms with van der Waals surface area (Å²) in [7, 11) is 1.75. The summed E-state index contributed by atoms with van der Waals surface area (Å²) in [4.78, 5) is 34.2. The van der Waals surface area contributed by atoms with Gasteiger partial charge in [-0.25, -0.2) is 9.18 Å². The Morgan fingerprint density at radius 2 is 1.84 bits per heavy atom. The van der Waals surface area contributed by atoms with E-state index in [4.69, 9.17) is 4.74 Å². The second-order valence-electron chi connectivity index (χ2n) is 13.7. The SMILES string of the molecule is Cc1cncc2c1c(CC1CN(C3CCC(NC(=O)OC(C)(C)C)CC3)C1)cn2-c1ccc(F)cc1C(=O)N(C)C(C)C. The Bertz CT molecular complexity index is 1480. The van der Waals surface area contributed by atoms with E-state index in [9.17, 15) is 14.0 Å². The molecule has 1 aliphatic heterocycles. The number of fused-ring (bicyclic) bond motifs is 1. The smallest absolute Gasteiger partial charge is 0.407 e. The third-order valence-electron chi connectivity index (χ3n) is 8.95. The largest absolute Gasteiger partial charge is 0.444 e. The molecule has 2 aromatic heterocycles. The number of carbonyl (C=O) groups is 2. The monoisotopic (exact) mass is 591 g/mol. The maximum atomic E-state index is 14.4. The minimum absolute atomic E-state index is 0.0117. The first-order valence-electron chi connectivity index (χ1n) is 15.6. The van der Waals surface area contributed by atoms with Crippen molar-refractivity contribution in [1.82, 2.24) is 24.7 Å². The van der Waals surface area contributed by atoms with Crippen LogP contribution in [0.3, 0.4) is 0 Å². The van der Waals surface area contributed by atoms with Crippen LogP contribution >= 0.6 is 0 Å². The molecule has 1 aromatic carbocycles. The van der Waals surface area contributed by atoms with Crippen molar-refractivity contribution in [2.24, 2.45) is 5.92 Å². The number of amides is 2. The fourth-order valence-electron chi connectivity index (χ4n) is 6.52. The number of aromatic nitrogens is 2. The standard InChI is InChI=1S/C34H46FN5O3/c1-21(2)38(7)32(41)28-15-25(35)8-13-29(28)40-20-24(31-22(3)16-36-17-30(31)40)14-23-18-39(19-23)27-11-9-26(10-12-27)37-33(42)43-34(4,5)6/h8,13,15-17,20-21,23,26-27H,9-12,14,18-19H2,1-7H3,(H,37,42). The molecule has 3 heterocycles. The van der Waals surface area contributed by atoms with Gasteiger partial charge >= 0.3 is 6.09 Å². The van der Waals surface area contributed by atoms with E-state index in [1.54, 1.807) is 18.0 Å². The minimum Gasteiger partial charge on any atom is -0.444 e. The molecule has 0 radical (unpaired) electrons. The van der Waals surface area contributed by atoms with Crippen molar-refractivity contribution < 1.29 is 18.7 Å². The lowest BCUT2D eigenvalue weighted by Gasteiger charge is -2.47. The number of nitrogens with zero attached hydrogens (tertiary/aromatic N) is 4. The average molecular weight is 592 g/mol. The number of benzene rings is 1. The van der Waals surface area contributed by atoms with Crippen molar-refractivity contribution in [2.75, 3.05) is 20.1 Å². The summed E-state index contributed by atoms with van der Waals surface area (Å²) in [5.41, 5.74) is 3.76. The van der Waals surface area contributed by atoms with Crippen LogP contribution < -0.4 is 5.32 Å². The van der Waals surface area contributed by atoms with E-state index >= 15 is 0 Å². The summed E-state index contributed by atoms with van der Waals surface area (Å²) in [5.74, 6) is -0.107. The van der Waals surface area contributed by atoms with Gasteiger partial charge in [-0.15, -0.1) is 0 Å². The molecule has 0 bridgehead atoms. The Hall–Kier alpha value is -3.46. The molecule has 43 heavy (non-hydrogen) atoms. The Kier molecular flexibility index (Phi) is 8.84.